The lowest BCUT2D eigenvalue weighted by molar-refractivity contribution is 0.0275. The zero-order chi connectivity index (χ0) is 11.3. The summed E-state index contributed by atoms with van der Waals surface area (Å²) in [6.45, 7) is 5.90. The fourth-order valence-corrected chi connectivity index (χ4v) is 1.85. The molecule has 2 nitrogen and oxygen atoms in total. The molecule has 0 aliphatic carbocycles. The molecular weight excluding hydrogens is 208 g/mol. The first kappa shape index (κ1) is 12.4. The van der Waals surface area contributed by atoms with Crippen LogP contribution in [-0.2, 0) is 0 Å². The second kappa shape index (κ2) is 5.42. The molecule has 0 saturated carbocycles. The monoisotopic (exact) mass is 226 g/mol. The van der Waals surface area contributed by atoms with Crippen molar-refractivity contribution in [2.24, 2.45) is 0 Å². The molecule has 0 amide bonds. The third kappa shape index (κ3) is 4.58. The van der Waals surface area contributed by atoms with Gasteiger partial charge in [0.25, 0.3) is 0 Å². The molecule has 15 heavy (non-hydrogen) atoms. The van der Waals surface area contributed by atoms with E-state index < -0.39 is 5.60 Å². The number of thioether (sulfide) groups is 1. The minimum Gasteiger partial charge on any atom is -0.489 e. The van der Waals surface area contributed by atoms with Crippen molar-refractivity contribution in [1.82, 2.24) is 0 Å². The van der Waals surface area contributed by atoms with Gasteiger partial charge in [-0.2, -0.15) is 0 Å². The van der Waals surface area contributed by atoms with Gasteiger partial charge in [-0.1, -0.05) is 19.1 Å². The van der Waals surface area contributed by atoms with E-state index in [4.69, 9.17) is 4.74 Å². The van der Waals surface area contributed by atoms with Crippen LogP contribution in [0, 0.1) is 0 Å². The Labute approximate surface area is 95.7 Å². The third-order valence-electron chi connectivity index (χ3n) is 1.73. The topological polar surface area (TPSA) is 29.5 Å². The van der Waals surface area contributed by atoms with Gasteiger partial charge in [0, 0.05) is 4.90 Å². The lowest BCUT2D eigenvalue weighted by atomic mass is 10.2. The Morgan fingerprint density at radius 2 is 2.00 bits per heavy atom. The van der Waals surface area contributed by atoms with Crippen molar-refractivity contribution in [3.05, 3.63) is 24.3 Å². The van der Waals surface area contributed by atoms with Crippen LogP contribution < -0.4 is 4.74 Å². The number of ether oxygens (including phenoxy) is 1. The summed E-state index contributed by atoms with van der Waals surface area (Å²) >= 11 is 1.75. The molecule has 1 N–H and O–H groups in total. The van der Waals surface area contributed by atoms with Gasteiger partial charge in [-0.25, -0.2) is 0 Å². The van der Waals surface area contributed by atoms with Crippen LogP contribution in [0.4, 0.5) is 0 Å². The molecule has 0 spiro atoms. The summed E-state index contributed by atoms with van der Waals surface area (Å²) in [5, 5.41) is 9.57. The van der Waals surface area contributed by atoms with Crippen LogP contribution in [-0.4, -0.2) is 23.1 Å². The highest BCUT2D eigenvalue weighted by Gasteiger charge is 2.14. The molecule has 0 atom stereocenters. The molecule has 1 aromatic rings. The number of benzene rings is 1. The molecule has 3 heteroatoms. The Hall–Kier alpha value is -0.670. The van der Waals surface area contributed by atoms with Crippen LogP contribution in [0.25, 0.3) is 0 Å². The Kier molecular flexibility index (Phi) is 4.48. The first-order valence-electron chi connectivity index (χ1n) is 5.10. The Morgan fingerprint density at radius 1 is 1.33 bits per heavy atom. The number of para-hydroxylation sites is 1. The number of hydrogen-bond donors (Lipinski definition) is 1. The SMILES string of the molecule is CCSc1ccccc1OCC(C)(C)O. The van der Waals surface area contributed by atoms with Crippen molar-refractivity contribution in [2.45, 2.75) is 31.3 Å². The standard InChI is InChI=1S/C12H18O2S/c1-4-15-11-8-6-5-7-10(11)14-9-12(2,3)13/h5-8,13H,4,9H2,1-3H3. The molecule has 0 aromatic heterocycles. The fraction of sp³-hybridized carbons (Fsp3) is 0.500. The van der Waals surface area contributed by atoms with Gasteiger partial charge >= 0.3 is 0 Å². The minimum atomic E-state index is -0.788. The zero-order valence-electron chi connectivity index (χ0n) is 9.49. The van der Waals surface area contributed by atoms with Gasteiger partial charge in [-0.05, 0) is 31.7 Å². The Morgan fingerprint density at radius 3 is 2.60 bits per heavy atom. The molecule has 1 aromatic carbocycles. The summed E-state index contributed by atoms with van der Waals surface area (Å²) in [6, 6.07) is 7.91. The van der Waals surface area contributed by atoms with E-state index in [0.29, 0.717) is 6.61 Å². The Balaban J connectivity index is 2.67. The highest BCUT2D eigenvalue weighted by molar-refractivity contribution is 7.99. The first-order valence-corrected chi connectivity index (χ1v) is 6.08. The van der Waals surface area contributed by atoms with Crippen LogP contribution in [0.2, 0.25) is 0 Å². The highest BCUT2D eigenvalue weighted by Crippen LogP contribution is 2.29. The van der Waals surface area contributed by atoms with Crippen molar-refractivity contribution in [3.8, 4) is 5.75 Å². The van der Waals surface area contributed by atoms with E-state index in [1.54, 1.807) is 25.6 Å². The molecule has 0 heterocycles. The molecule has 1 rings (SSSR count). The van der Waals surface area contributed by atoms with E-state index in [-0.39, 0.29) is 0 Å². The van der Waals surface area contributed by atoms with Crippen molar-refractivity contribution < 1.29 is 9.84 Å². The quantitative estimate of drug-likeness (QED) is 0.783. The lowest BCUT2D eigenvalue weighted by Gasteiger charge is -2.19. The van der Waals surface area contributed by atoms with Crippen LogP contribution in [0.5, 0.6) is 5.75 Å². The van der Waals surface area contributed by atoms with Gasteiger partial charge < -0.3 is 9.84 Å². The second-order valence-corrected chi connectivity index (χ2v) is 5.29. The van der Waals surface area contributed by atoms with E-state index in [1.807, 2.05) is 24.3 Å². The molecule has 0 aliphatic heterocycles. The van der Waals surface area contributed by atoms with Crippen LogP contribution in [0.1, 0.15) is 20.8 Å². The van der Waals surface area contributed by atoms with E-state index in [2.05, 4.69) is 6.92 Å². The third-order valence-corrected chi connectivity index (χ3v) is 2.67. The predicted molar refractivity (Wildman–Crippen MR) is 64.6 cm³/mol. The maximum Gasteiger partial charge on any atom is 0.133 e. The first-order chi connectivity index (χ1) is 7.03. The smallest absolute Gasteiger partial charge is 0.133 e. The van der Waals surface area contributed by atoms with E-state index in [0.717, 1.165) is 16.4 Å². The summed E-state index contributed by atoms with van der Waals surface area (Å²) < 4.78 is 5.58. The van der Waals surface area contributed by atoms with Gasteiger partial charge in [0.15, 0.2) is 0 Å². The maximum atomic E-state index is 9.57. The van der Waals surface area contributed by atoms with Crippen molar-refractivity contribution >= 4 is 11.8 Å². The number of rotatable bonds is 5. The average Bonchev–Trinajstić information content (AvgIpc) is 2.16. The average molecular weight is 226 g/mol. The van der Waals surface area contributed by atoms with Gasteiger partial charge in [0.1, 0.15) is 12.4 Å². The predicted octanol–water partition coefficient (Wildman–Crippen LogP) is 2.95. The summed E-state index contributed by atoms with van der Waals surface area (Å²) in [5.74, 6) is 1.87. The van der Waals surface area contributed by atoms with Crippen LogP contribution in [0.3, 0.4) is 0 Å². The minimum absolute atomic E-state index is 0.314. The van der Waals surface area contributed by atoms with Crippen LogP contribution in [0.15, 0.2) is 29.2 Å². The van der Waals surface area contributed by atoms with Gasteiger partial charge in [0.2, 0.25) is 0 Å². The summed E-state index contributed by atoms with van der Waals surface area (Å²) in [5.41, 5.74) is -0.788. The van der Waals surface area contributed by atoms with Crippen molar-refractivity contribution in [3.63, 3.8) is 0 Å². The molecule has 0 saturated heterocycles. The fourth-order valence-electron chi connectivity index (χ4n) is 1.10. The Bertz CT molecular complexity index is 305. The summed E-state index contributed by atoms with van der Waals surface area (Å²) in [7, 11) is 0. The van der Waals surface area contributed by atoms with Gasteiger partial charge in [-0.15, -0.1) is 11.8 Å². The molecular formula is C12H18O2S. The van der Waals surface area contributed by atoms with Crippen LogP contribution >= 0.6 is 11.8 Å². The molecule has 0 radical (unpaired) electrons. The molecule has 0 bridgehead atoms. The second-order valence-electron chi connectivity index (χ2n) is 3.98. The lowest BCUT2D eigenvalue weighted by Crippen LogP contribution is -2.27. The van der Waals surface area contributed by atoms with E-state index in [9.17, 15) is 5.11 Å². The normalized spacial score (nSPS) is 11.5. The van der Waals surface area contributed by atoms with E-state index >= 15 is 0 Å². The molecule has 0 aliphatic rings. The number of aliphatic hydroxyl groups is 1. The molecule has 84 valence electrons. The van der Waals surface area contributed by atoms with E-state index in [1.165, 1.54) is 0 Å². The summed E-state index contributed by atoms with van der Waals surface area (Å²) in [6.07, 6.45) is 0. The molecule has 0 fully saturated rings. The van der Waals surface area contributed by atoms with Gasteiger partial charge in [-0.3, -0.25) is 0 Å². The highest BCUT2D eigenvalue weighted by atomic mass is 32.2. The maximum absolute atomic E-state index is 9.57. The van der Waals surface area contributed by atoms with Gasteiger partial charge in [0.05, 0.1) is 5.60 Å². The van der Waals surface area contributed by atoms with Crippen molar-refractivity contribution in [1.29, 1.82) is 0 Å². The van der Waals surface area contributed by atoms with Crippen molar-refractivity contribution in [2.75, 3.05) is 12.4 Å². The largest absolute Gasteiger partial charge is 0.489 e. The zero-order valence-corrected chi connectivity index (χ0v) is 10.3. The number of hydrogen-bond acceptors (Lipinski definition) is 3. The summed E-state index contributed by atoms with van der Waals surface area (Å²) in [4.78, 5) is 1.13. The molecule has 0 unspecified atom stereocenters.